The molecule has 4 nitrogen and oxygen atoms in total. The van der Waals surface area contributed by atoms with Crippen molar-refractivity contribution >= 4 is 17.4 Å². The van der Waals surface area contributed by atoms with Crippen molar-refractivity contribution < 1.29 is 4.92 Å². The first kappa shape index (κ1) is 14.1. The first-order chi connectivity index (χ1) is 9.51. The molecule has 2 rings (SSSR count). The lowest BCUT2D eigenvalue weighted by Crippen LogP contribution is -1.92. The fourth-order valence-electron chi connectivity index (χ4n) is 1.86. The van der Waals surface area contributed by atoms with Crippen LogP contribution < -0.4 is 0 Å². The zero-order valence-electron chi connectivity index (χ0n) is 11.1. The molecule has 0 aliphatic rings. The number of aryl methyl sites for hydroxylation is 2. The quantitative estimate of drug-likeness (QED) is 0.624. The molecule has 0 saturated heterocycles. The summed E-state index contributed by atoms with van der Waals surface area (Å²) < 4.78 is 0. The number of hydrogen-bond acceptors (Lipinski definition) is 4. The number of nitro benzene ring substituents is 1. The fraction of sp³-hybridized carbons (Fsp3) is 0.133. The minimum atomic E-state index is -0.523. The van der Waals surface area contributed by atoms with E-state index >= 15 is 0 Å². The highest BCUT2D eigenvalue weighted by Gasteiger charge is 2.15. The van der Waals surface area contributed by atoms with Gasteiger partial charge in [-0.25, -0.2) is 0 Å². The van der Waals surface area contributed by atoms with Gasteiger partial charge < -0.3 is 0 Å². The van der Waals surface area contributed by atoms with Crippen molar-refractivity contribution in [2.75, 3.05) is 0 Å². The van der Waals surface area contributed by atoms with E-state index in [0.29, 0.717) is 0 Å². The van der Waals surface area contributed by atoms with Crippen LogP contribution in [0, 0.1) is 35.3 Å². The highest BCUT2D eigenvalue weighted by Crippen LogP contribution is 2.33. The maximum absolute atomic E-state index is 10.9. The van der Waals surface area contributed by atoms with E-state index in [1.54, 1.807) is 6.07 Å². The maximum atomic E-state index is 10.9. The van der Waals surface area contributed by atoms with Gasteiger partial charge in [-0.2, -0.15) is 5.26 Å². The van der Waals surface area contributed by atoms with Gasteiger partial charge >= 0.3 is 0 Å². The van der Waals surface area contributed by atoms with E-state index in [2.05, 4.69) is 6.07 Å². The van der Waals surface area contributed by atoms with Gasteiger partial charge in [-0.05, 0) is 37.6 Å². The minimum absolute atomic E-state index is 0.0833. The van der Waals surface area contributed by atoms with Crippen molar-refractivity contribution in [3.8, 4) is 6.07 Å². The van der Waals surface area contributed by atoms with Crippen molar-refractivity contribution in [3.05, 3.63) is 63.2 Å². The zero-order valence-corrected chi connectivity index (χ0v) is 11.9. The Balaban J connectivity index is 2.37. The van der Waals surface area contributed by atoms with Crippen LogP contribution in [-0.2, 0) is 0 Å². The number of rotatable bonds is 3. The Labute approximate surface area is 121 Å². The van der Waals surface area contributed by atoms with E-state index in [1.807, 2.05) is 32.0 Å². The Hall–Kier alpha value is -2.32. The topological polar surface area (TPSA) is 66.9 Å². The van der Waals surface area contributed by atoms with E-state index in [4.69, 9.17) is 5.26 Å². The molecule has 0 bridgehead atoms. The van der Waals surface area contributed by atoms with Gasteiger partial charge in [0.05, 0.1) is 4.92 Å². The van der Waals surface area contributed by atoms with Crippen molar-refractivity contribution in [3.63, 3.8) is 0 Å². The first-order valence-electron chi connectivity index (χ1n) is 5.95. The summed E-state index contributed by atoms with van der Waals surface area (Å²) in [7, 11) is 0. The molecule has 0 aromatic heterocycles. The zero-order chi connectivity index (χ0) is 14.7. The van der Waals surface area contributed by atoms with Gasteiger partial charge in [0.25, 0.3) is 5.69 Å². The lowest BCUT2D eigenvalue weighted by molar-refractivity contribution is -0.385. The van der Waals surface area contributed by atoms with Gasteiger partial charge in [-0.3, -0.25) is 10.1 Å². The molecule has 0 heterocycles. The first-order valence-corrected chi connectivity index (χ1v) is 6.76. The Kier molecular flexibility index (Phi) is 4.06. The third-order valence-electron chi connectivity index (χ3n) is 2.84. The second-order valence-corrected chi connectivity index (χ2v) is 5.53. The molecule has 100 valence electrons. The van der Waals surface area contributed by atoms with Crippen LogP contribution in [0.3, 0.4) is 0 Å². The predicted octanol–water partition coefficient (Wildman–Crippen LogP) is 4.23. The van der Waals surface area contributed by atoms with Crippen LogP contribution in [0.15, 0.2) is 46.2 Å². The van der Waals surface area contributed by atoms with Gasteiger partial charge in [0, 0.05) is 15.9 Å². The summed E-state index contributed by atoms with van der Waals surface area (Å²) in [5, 5.41) is 19.8. The molecule has 0 aliphatic carbocycles. The summed E-state index contributed by atoms with van der Waals surface area (Å²) in [5.41, 5.74) is 2.24. The second-order valence-electron chi connectivity index (χ2n) is 4.42. The summed E-state index contributed by atoms with van der Waals surface area (Å²) in [6, 6.07) is 12.6. The molecule has 0 saturated carbocycles. The molecule has 0 spiro atoms. The number of nitrogens with zero attached hydrogens (tertiary/aromatic N) is 2. The smallest absolute Gasteiger partial charge is 0.258 e. The SMILES string of the molecule is Cc1ccc(Sc2ccc(C#N)c([N+](=O)[O-])c2)c(C)c1. The number of benzene rings is 2. The van der Waals surface area contributed by atoms with E-state index < -0.39 is 4.92 Å². The van der Waals surface area contributed by atoms with Crippen LogP contribution in [-0.4, -0.2) is 4.92 Å². The van der Waals surface area contributed by atoms with Crippen LogP contribution in [0.25, 0.3) is 0 Å². The van der Waals surface area contributed by atoms with Crippen molar-refractivity contribution in [1.82, 2.24) is 0 Å². The van der Waals surface area contributed by atoms with E-state index in [0.717, 1.165) is 15.4 Å². The fourth-order valence-corrected chi connectivity index (χ4v) is 2.78. The lowest BCUT2D eigenvalue weighted by Gasteiger charge is -2.06. The number of hydrogen-bond donors (Lipinski definition) is 0. The molecule has 0 atom stereocenters. The standard InChI is InChI=1S/C15H12N2O2S/c1-10-3-6-15(11(2)7-10)20-13-5-4-12(9-16)14(8-13)17(18)19/h3-8H,1-2H3. The lowest BCUT2D eigenvalue weighted by atomic mass is 10.2. The summed E-state index contributed by atoms with van der Waals surface area (Å²) in [4.78, 5) is 12.2. The number of nitriles is 1. The van der Waals surface area contributed by atoms with E-state index in [-0.39, 0.29) is 11.3 Å². The molecule has 0 unspecified atom stereocenters. The highest BCUT2D eigenvalue weighted by molar-refractivity contribution is 7.99. The molecular weight excluding hydrogens is 272 g/mol. The number of nitro groups is 1. The molecule has 0 radical (unpaired) electrons. The van der Waals surface area contributed by atoms with Gasteiger partial charge in [0.15, 0.2) is 0 Å². The molecule has 0 fully saturated rings. The average Bonchev–Trinajstić information content (AvgIpc) is 2.41. The Morgan fingerprint density at radius 1 is 1.20 bits per heavy atom. The van der Waals surface area contributed by atoms with Gasteiger partial charge in [0.1, 0.15) is 11.6 Å². The normalized spacial score (nSPS) is 10.1. The average molecular weight is 284 g/mol. The molecule has 0 amide bonds. The third-order valence-corrected chi connectivity index (χ3v) is 4.01. The molecule has 5 heteroatoms. The Bertz CT molecular complexity index is 720. The monoisotopic (exact) mass is 284 g/mol. The van der Waals surface area contributed by atoms with Crippen molar-refractivity contribution in [1.29, 1.82) is 5.26 Å². The summed E-state index contributed by atoms with van der Waals surface area (Å²) in [6.45, 7) is 4.03. The van der Waals surface area contributed by atoms with Crippen molar-refractivity contribution in [2.45, 2.75) is 23.6 Å². The Morgan fingerprint density at radius 3 is 2.55 bits per heavy atom. The van der Waals surface area contributed by atoms with Gasteiger partial charge in [-0.15, -0.1) is 0 Å². The van der Waals surface area contributed by atoms with Crippen LogP contribution >= 0.6 is 11.8 Å². The molecule has 2 aromatic rings. The van der Waals surface area contributed by atoms with Crippen LogP contribution in [0.1, 0.15) is 16.7 Å². The van der Waals surface area contributed by atoms with Crippen LogP contribution in [0.5, 0.6) is 0 Å². The van der Waals surface area contributed by atoms with Crippen molar-refractivity contribution in [2.24, 2.45) is 0 Å². The van der Waals surface area contributed by atoms with Crippen LogP contribution in [0.2, 0.25) is 0 Å². The van der Waals surface area contributed by atoms with E-state index in [1.165, 1.54) is 29.5 Å². The molecule has 0 N–H and O–H groups in total. The Morgan fingerprint density at radius 2 is 1.95 bits per heavy atom. The molecule has 2 aromatic carbocycles. The molecular formula is C15H12N2O2S. The van der Waals surface area contributed by atoms with Crippen LogP contribution in [0.4, 0.5) is 5.69 Å². The molecule has 20 heavy (non-hydrogen) atoms. The summed E-state index contributed by atoms with van der Waals surface area (Å²) >= 11 is 1.46. The predicted molar refractivity (Wildman–Crippen MR) is 77.9 cm³/mol. The van der Waals surface area contributed by atoms with Gasteiger partial charge in [-0.1, -0.05) is 29.5 Å². The minimum Gasteiger partial charge on any atom is -0.258 e. The summed E-state index contributed by atoms with van der Waals surface area (Å²) in [5.74, 6) is 0. The third kappa shape index (κ3) is 2.98. The molecule has 0 aliphatic heterocycles. The largest absolute Gasteiger partial charge is 0.288 e. The van der Waals surface area contributed by atoms with Gasteiger partial charge in [0.2, 0.25) is 0 Å². The van der Waals surface area contributed by atoms with E-state index in [9.17, 15) is 10.1 Å². The summed E-state index contributed by atoms with van der Waals surface area (Å²) in [6.07, 6.45) is 0. The second kappa shape index (κ2) is 5.76. The maximum Gasteiger partial charge on any atom is 0.288 e. The highest BCUT2D eigenvalue weighted by atomic mass is 32.2.